The molecule has 2 rings (SSSR count). The number of benzene rings is 1. The van der Waals surface area contributed by atoms with Crippen molar-refractivity contribution in [2.45, 2.75) is 43.4 Å². The smallest absolute Gasteiger partial charge is 0.318 e. The van der Waals surface area contributed by atoms with Crippen molar-refractivity contribution < 1.29 is 18.9 Å². The standard InChI is InChI=1S/C15H17NO4S2/c1-2-3-4-10-5-6-12-11(9-10)16-15(21-12)22-20-14(19)8-7-13(17)18/h5-6,9H,2-4,7-8H2,1H3,(H,17,18). The Bertz CT molecular complexity index is 669. The molecule has 2 aromatic rings. The van der Waals surface area contributed by atoms with Crippen LogP contribution in [0, 0.1) is 0 Å². The van der Waals surface area contributed by atoms with E-state index in [1.807, 2.05) is 6.07 Å². The first-order valence-corrected chi connectivity index (χ1v) is 8.63. The first-order chi connectivity index (χ1) is 10.6. The predicted molar refractivity (Wildman–Crippen MR) is 87.1 cm³/mol. The normalized spacial score (nSPS) is 10.8. The molecule has 0 atom stereocenters. The molecule has 1 heterocycles. The minimum Gasteiger partial charge on any atom is -0.481 e. The van der Waals surface area contributed by atoms with Crippen LogP contribution in [0.25, 0.3) is 10.2 Å². The van der Waals surface area contributed by atoms with Gasteiger partial charge >= 0.3 is 11.9 Å². The van der Waals surface area contributed by atoms with Crippen molar-refractivity contribution in [2.24, 2.45) is 0 Å². The second kappa shape index (κ2) is 8.14. The van der Waals surface area contributed by atoms with Crippen molar-refractivity contribution in [1.82, 2.24) is 4.98 Å². The highest BCUT2D eigenvalue weighted by molar-refractivity contribution is 7.97. The van der Waals surface area contributed by atoms with Crippen molar-refractivity contribution in [2.75, 3.05) is 0 Å². The Morgan fingerprint density at radius 1 is 1.36 bits per heavy atom. The molecule has 7 heteroatoms. The second-order valence-corrected chi connectivity index (χ2v) is 6.83. The van der Waals surface area contributed by atoms with E-state index in [0.717, 1.165) is 41.5 Å². The summed E-state index contributed by atoms with van der Waals surface area (Å²) in [5, 5.41) is 8.51. The number of carboxylic acid groups (broad SMARTS) is 1. The van der Waals surface area contributed by atoms with E-state index in [0.29, 0.717) is 4.34 Å². The molecule has 1 aromatic heterocycles. The Morgan fingerprint density at radius 2 is 2.18 bits per heavy atom. The van der Waals surface area contributed by atoms with Crippen LogP contribution in [0.15, 0.2) is 22.5 Å². The highest BCUT2D eigenvalue weighted by atomic mass is 32.2. The molecule has 0 radical (unpaired) electrons. The molecule has 0 fully saturated rings. The van der Waals surface area contributed by atoms with Crippen LogP contribution in [-0.2, 0) is 20.2 Å². The second-order valence-electron chi connectivity index (χ2n) is 4.82. The average molecular weight is 339 g/mol. The van der Waals surface area contributed by atoms with E-state index in [4.69, 9.17) is 9.29 Å². The number of hydrogen-bond donors (Lipinski definition) is 1. The summed E-state index contributed by atoms with van der Waals surface area (Å²) >= 11 is 2.35. The topological polar surface area (TPSA) is 76.5 Å². The molecular weight excluding hydrogens is 322 g/mol. The Morgan fingerprint density at radius 3 is 2.91 bits per heavy atom. The van der Waals surface area contributed by atoms with E-state index in [-0.39, 0.29) is 12.8 Å². The molecule has 0 unspecified atom stereocenters. The van der Waals surface area contributed by atoms with Gasteiger partial charge in [-0.15, -0.1) is 11.3 Å². The number of carbonyl (C=O) groups is 2. The number of thiazole rings is 1. The summed E-state index contributed by atoms with van der Waals surface area (Å²) in [6.45, 7) is 2.16. The Kier molecular flexibility index (Phi) is 6.21. The summed E-state index contributed by atoms with van der Waals surface area (Å²) in [4.78, 5) is 26.2. The molecule has 5 nitrogen and oxygen atoms in total. The number of aryl methyl sites for hydroxylation is 1. The van der Waals surface area contributed by atoms with Gasteiger partial charge in [-0.1, -0.05) is 19.4 Å². The number of aliphatic carboxylic acids is 1. The number of rotatable bonds is 8. The lowest BCUT2D eigenvalue weighted by atomic mass is 10.1. The van der Waals surface area contributed by atoms with Gasteiger partial charge in [0.15, 0.2) is 4.34 Å². The van der Waals surface area contributed by atoms with Crippen molar-refractivity contribution in [3.8, 4) is 0 Å². The van der Waals surface area contributed by atoms with Crippen molar-refractivity contribution >= 4 is 45.5 Å². The molecule has 0 bridgehead atoms. The van der Waals surface area contributed by atoms with Gasteiger partial charge in [0.05, 0.1) is 23.1 Å². The maximum atomic E-state index is 11.4. The van der Waals surface area contributed by atoms with Crippen LogP contribution in [-0.4, -0.2) is 22.0 Å². The maximum absolute atomic E-state index is 11.4. The first-order valence-electron chi connectivity index (χ1n) is 7.07. The van der Waals surface area contributed by atoms with Crippen LogP contribution >= 0.6 is 23.4 Å². The van der Waals surface area contributed by atoms with Crippen molar-refractivity contribution in [3.05, 3.63) is 23.8 Å². The number of unbranched alkanes of at least 4 members (excludes halogenated alkanes) is 1. The number of carbonyl (C=O) groups excluding carboxylic acids is 1. The minimum atomic E-state index is -1.01. The lowest BCUT2D eigenvalue weighted by Crippen LogP contribution is -2.03. The van der Waals surface area contributed by atoms with E-state index < -0.39 is 11.9 Å². The molecule has 0 aliphatic rings. The number of nitrogens with zero attached hydrogens (tertiary/aromatic N) is 1. The first kappa shape index (κ1) is 16.8. The van der Waals surface area contributed by atoms with Gasteiger partial charge in [-0.25, -0.2) is 4.98 Å². The molecule has 0 aliphatic carbocycles. The third kappa shape index (κ3) is 4.99. The molecule has 0 spiro atoms. The third-order valence-corrected chi connectivity index (χ3v) is 4.79. The molecule has 0 aliphatic heterocycles. The average Bonchev–Trinajstić information content (AvgIpc) is 2.90. The van der Waals surface area contributed by atoms with Gasteiger partial charge < -0.3 is 9.29 Å². The fourth-order valence-electron chi connectivity index (χ4n) is 1.86. The summed E-state index contributed by atoms with van der Waals surface area (Å²) < 4.78 is 6.66. The number of carboxylic acids is 1. The van der Waals surface area contributed by atoms with E-state index in [2.05, 4.69) is 24.0 Å². The zero-order valence-electron chi connectivity index (χ0n) is 12.2. The molecule has 1 aromatic carbocycles. The fourth-order valence-corrected chi connectivity index (χ4v) is 3.42. The van der Waals surface area contributed by atoms with Crippen LogP contribution < -0.4 is 0 Å². The van der Waals surface area contributed by atoms with Crippen molar-refractivity contribution in [1.29, 1.82) is 0 Å². The molecular formula is C15H17NO4S2. The van der Waals surface area contributed by atoms with Crippen LogP contribution in [0.5, 0.6) is 0 Å². The van der Waals surface area contributed by atoms with Crippen molar-refractivity contribution in [3.63, 3.8) is 0 Å². The van der Waals surface area contributed by atoms with Gasteiger partial charge in [-0.3, -0.25) is 9.59 Å². The summed E-state index contributed by atoms with van der Waals surface area (Å²) in [6.07, 6.45) is 2.99. The van der Waals surface area contributed by atoms with Crippen LogP contribution in [0.2, 0.25) is 0 Å². The minimum absolute atomic E-state index is 0.131. The predicted octanol–water partition coefficient (Wildman–Crippen LogP) is 4.05. The molecule has 1 N–H and O–H groups in total. The van der Waals surface area contributed by atoms with Crippen LogP contribution in [0.4, 0.5) is 0 Å². The van der Waals surface area contributed by atoms with Gasteiger partial charge in [-0.2, -0.15) is 0 Å². The van der Waals surface area contributed by atoms with Gasteiger partial charge in [0.25, 0.3) is 0 Å². The van der Waals surface area contributed by atoms with Gasteiger partial charge in [0, 0.05) is 0 Å². The lowest BCUT2D eigenvalue weighted by Gasteiger charge is -1.98. The van der Waals surface area contributed by atoms with E-state index >= 15 is 0 Å². The highest BCUT2D eigenvalue weighted by Crippen LogP contribution is 2.31. The zero-order valence-corrected chi connectivity index (χ0v) is 13.8. The Hall–Kier alpha value is -1.60. The monoisotopic (exact) mass is 339 g/mol. The molecule has 0 saturated carbocycles. The number of aromatic nitrogens is 1. The summed E-state index contributed by atoms with van der Waals surface area (Å²) in [6, 6.07) is 6.20. The molecule has 0 amide bonds. The Balaban J connectivity index is 1.94. The fraction of sp³-hybridized carbons (Fsp3) is 0.400. The van der Waals surface area contributed by atoms with E-state index in [1.165, 1.54) is 16.9 Å². The van der Waals surface area contributed by atoms with Gasteiger partial charge in [0.1, 0.15) is 12.0 Å². The van der Waals surface area contributed by atoms with Crippen LogP contribution in [0.3, 0.4) is 0 Å². The van der Waals surface area contributed by atoms with E-state index in [9.17, 15) is 9.59 Å². The maximum Gasteiger partial charge on any atom is 0.318 e. The SMILES string of the molecule is CCCCc1ccc2sc(SOC(=O)CCC(=O)O)nc2c1. The quantitative estimate of drug-likeness (QED) is 0.731. The third-order valence-electron chi connectivity index (χ3n) is 3.00. The summed E-state index contributed by atoms with van der Waals surface area (Å²) in [5.41, 5.74) is 2.16. The zero-order chi connectivity index (χ0) is 15.9. The summed E-state index contributed by atoms with van der Waals surface area (Å²) in [7, 11) is 0. The number of hydrogen-bond acceptors (Lipinski definition) is 6. The van der Waals surface area contributed by atoms with Gasteiger partial charge in [0.2, 0.25) is 0 Å². The van der Waals surface area contributed by atoms with E-state index in [1.54, 1.807) is 0 Å². The summed E-state index contributed by atoms with van der Waals surface area (Å²) in [5.74, 6) is -1.56. The van der Waals surface area contributed by atoms with Gasteiger partial charge in [-0.05, 0) is 30.5 Å². The molecule has 0 saturated heterocycles. The molecule has 22 heavy (non-hydrogen) atoms. The molecule has 118 valence electrons. The Labute approximate surface area is 136 Å². The number of fused-ring (bicyclic) bond motifs is 1. The lowest BCUT2D eigenvalue weighted by molar-refractivity contribution is -0.141. The van der Waals surface area contributed by atoms with Crippen LogP contribution in [0.1, 0.15) is 38.2 Å². The largest absolute Gasteiger partial charge is 0.481 e. The highest BCUT2D eigenvalue weighted by Gasteiger charge is 2.11.